The van der Waals surface area contributed by atoms with Crippen molar-refractivity contribution in [3.8, 4) is 11.8 Å². The zero-order valence-corrected chi connectivity index (χ0v) is 18.3. The Balaban J connectivity index is 1.68. The lowest BCUT2D eigenvalue weighted by Crippen LogP contribution is -2.13. The van der Waals surface area contributed by atoms with Crippen LogP contribution >= 0.6 is 11.5 Å². The summed E-state index contributed by atoms with van der Waals surface area (Å²) < 4.78 is 32.5. The number of hydrogen-bond donors (Lipinski definition) is 1. The molecule has 1 atom stereocenters. The number of sulfone groups is 1. The third-order valence-electron chi connectivity index (χ3n) is 4.10. The van der Waals surface area contributed by atoms with Crippen LogP contribution in [0.15, 0.2) is 65.3 Å². The van der Waals surface area contributed by atoms with Gasteiger partial charge >= 0.3 is 0 Å². The van der Waals surface area contributed by atoms with E-state index in [1.807, 2.05) is 43.3 Å². The molecule has 158 valence electrons. The molecule has 0 saturated carbocycles. The molecule has 0 bridgehead atoms. The number of nitriles is 1. The first-order valence-corrected chi connectivity index (χ1v) is 11.7. The fourth-order valence-corrected chi connectivity index (χ4v) is 3.97. The number of carbonyl (C=O) groups excluding carboxylic acids is 1. The van der Waals surface area contributed by atoms with Gasteiger partial charge in [-0.2, -0.15) is 14.6 Å². The van der Waals surface area contributed by atoms with Gasteiger partial charge in [0.15, 0.2) is 0 Å². The average molecular weight is 455 g/mol. The highest BCUT2D eigenvalue weighted by molar-refractivity contribution is 7.90. The standard InChI is InChI=1S/C21H18N4O4S2/c1-14(16-6-4-3-5-7-16)29-18-10-8-15(9-11-18)12-17(13-22)19(26)23-20-24-21(25-30-20)31(2,27)28/h3-12,14H,1-2H3,(H,23,24,25,26). The molecule has 2 aromatic carbocycles. The highest BCUT2D eigenvalue weighted by atomic mass is 32.2. The Hall–Kier alpha value is -3.55. The Labute approximate surface area is 183 Å². The van der Waals surface area contributed by atoms with E-state index < -0.39 is 15.7 Å². The average Bonchev–Trinajstić information content (AvgIpc) is 3.22. The summed E-state index contributed by atoms with van der Waals surface area (Å²) in [7, 11) is -3.58. The van der Waals surface area contributed by atoms with Crippen LogP contribution in [0, 0.1) is 11.3 Å². The van der Waals surface area contributed by atoms with Crippen molar-refractivity contribution in [2.75, 3.05) is 11.6 Å². The lowest BCUT2D eigenvalue weighted by molar-refractivity contribution is -0.112. The van der Waals surface area contributed by atoms with Crippen LogP contribution in [-0.2, 0) is 14.6 Å². The van der Waals surface area contributed by atoms with E-state index in [0.717, 1.165) is 23.4 Å². The third-order valence-corrected chi connectivity index (χ3v) is 5.69. The number of ether oxygens (including phenoxy) is 1. The second kappa shape index (κ2) is 9.51. The molecule has 0 aliphatic rings. The number of amides is 1. The number of benzene rings is 2. The van der Waals surface area contributed by atoms with Gasteiger partial charge < -0.3 is 4.74 Å². The summed E-state index contributed by atoms with van der Waals surface area (Å²) in [5, 5.41) is 11.3. The van der Waals surface area contributed by atoms with Crippen LogP contribution in [0.1, 0.15) is 24.2 Å². The maximum atomic E-state index is 12.3. The first-order valence-electron chi connectivity index (χ1n) is 9.05. The smallest absolute Gasteiger partial charge is 0.268 e. The van der Waals surface area contributed by atoms with Gasteiger partial charge in [0.05, 0.1) is 0 Å². The van der Waals surface area contributed by atoms with Crippen LogP contribution < -0.4 is 10.1 Å². The molecular formula is C21H18N4O4S2. The van der Waals surface area contributed by atoms with Crippen LogP contribution in [0.3, 0.4) is 0 Å². The fraction of sp³-hybridized carbons (Fsp3) is 0.143. The molecule has 1 N–H and O–H groups in total. The van der Waals surface area contributed by atoms with Crippen molar-refractivity contribution < 1.29 is 17.9 Å². The van der Waals surface area contributed by atoms with Crippen LogP contribution in [0.4, 0.5) is 5.13 Å². The second-order valence-corrected chi connectivity index (χ2v) is 9.18. The van der Waals surface area contributed by atoms with Crippen molar-refractivity contribution in [2.24, 2.45) is 0 Å². The van der Waals surface area contributed by atoms with Crippen LogP contribution in [0.25, 0.3) is 6.08 Å². The van der Waals surface area contributed by atoms with E-state index in [0.29, 0.717) is 11.3 Å². The van der Waals surface area contributed by atoms with E-state index in [1.54, 1.807) is 24.3 Å². The Morgan fingerprint density at radius 2 is 1.87 bits per heavy atom. The van der Waals surface area contributed by atoms with Gasteiger partial charge in [0.25, 0.3) is 11.1 Å². The lowest BCUT2D eigenvalue weighted by atomic mass is 10.1. The Kier molecular flexibility index (Phi) is 6.79. The molecule has 0 aliphatic carbocycles. The summed E-state index contributed by atoms with van der Waals surface area (Å²) in [5.41, 5.74) is 1.51. The third kappa shape index (κ3) is 5.97. The molecule has 0 saturated heterocycles. The number of rotatable bonds is 7. The monoisotopic (exact) mass is 454 g/mol. The molecule has 0 aliphatic heterocycles. The number of nitrogens with one attached hydrogen (secondary N) is 1. The zero-order valence-electron chi connectivity index (χ0n) is 16.6. The summed E-state index contributed by atoms with van der Waals surface area (Å²) in [6.07, 6.45) is 2.25. The molecule has 3 rings (SSSR count). The van der Waals surface area contributed by atoms with Gasteiger partial charge in [0, 0.05) is 17.8 Å². The minimum absolute atomic E-state index is 0.00905. The van der Waals surface area contributed by atoms with Crippen molar-refractivity contribution in [1.82, 2.24) is 9.36 Å². The molecule has 1 aromatic heterocycles. The number of anilines is 1. The minimum atomic E-state index is -3.58. The molecule has 0 radical (unpaired) electrons. The fourth-order valence-electron chi connectivity index (χ4n) is 2.53. The summed E-state index contributed by atoms with van der Waals surface area (Å²) in [5.74, 6) is -0.0599. The first kappa shape index (κ1) is 22.1. The number of hydrogen-bond acceptors (Lipinski definition) is 8. The second-order valence-electron chi connectivity index (χ2n) is 6.52. The van der Waals surface area contributed by atoms with Gasteiger partial charge in [-0.1, -0.05) is 42.5 Å². The Bertz CT molecular complexity index is 1240. The van der Waals surface area contributed by atoms with Gasteiger partial charge in [-0.3, -0.25) is 10.1 Å². The molecule has 1 unspecified atom stereocenters. The molecule has 0 spiro atoms. The molecule has 31 heavy (non-hydrogen) atoms. The summed E-state index contributed by atoms with van der Waals surface area (Å²) in [6.45, 7) is 1.95. The summed E-state index contributed by atoms with van der Waals surface area (Å²) in [4.78, 5) is 16.1. The number of aromatic nitrogens is 2. The van der Waals surface area contributed by atoms with E-state index >= 15 is 0 Å². The highest BCUT2D eigenvalue weighted by Gasteiger charge is 2.17. The largest absolute Gasteiger partial charge is 0.486 e. The van der Waals surface area contributed by atoms with Crippen molar-refractivity contribution in [2.45, 2.75) is 18.2 Å². The van der Waals surface area contributed by atoms with E-state index in [2.05, 4.69) is 14.7 Å². The van der Waals surface area contributed by atoms with Crippen molar-refractivity contribution in [3.05, 3.63) is 71.3 Å². The molecule has 1 heterocycles. The topological polar surface area (TPSA) is 122 Å². The summed E-state index contributed by atoms with van der Waals surface area (Å²) in [6, 6.07) is 18.6. The molecule has 8 nitrogen and oxygen atoms in total. The van der Waals surface area contributed by atoms with Gasteiger partial charge in [0.2, 0.25) is 15.0 Å². The van der Waals surface area contributed by atoms with Gasteiger partial charge in [-0.05, 0) is 36.3 Å². The van der Waals surface area contributed by atoms with Gasteiger partial charge in [0.1, 0.15) is 23.5 Å². The highest BCUT2D eigenvalue weighted by Crippen LogP contribution is 2.23. The SMILES string of the molecule is CC(Oc1ccc(C=C(C#N)C(=O)Nc2nc(S(C)(=O)=O)ns2)cc1)c1ccccc1. The lowest BCUT2D eigenvalue weighted by Gasteiger charge is -2.15. The van der Waals surface area contributed by atoms with Gasteiger partial charge in [-0.25, -0.2) is 8.42 Å². The molecular weight excluding hydrogens is 436 g/mol. The van der Waals surface area contributed by atoms with Gasteiger partial charge in [-0.15, -0.1) is 0 Å². The Morgan fingerprint density at radius 1 is 1.19 bits per heavy atom. The number of carbonyl (C=O) groups is 1. The van der Waals surface area contributed by atoms with Crippen LogP contribution in [0.5, 0.6) is 5.75 Å². The summed E-state index contributed by atoms with van der Waals surface area (Å²) >= 11 is 0.719. The maximum Gasteiger partial charge on any atom is 0.268 e. The maximum absolute atomic E-state index is 12.3. The molecule has 1 amide bonds. The molecule has 3 aromatic rings. The minimum Gasteiger partial charge on any atom is -0.486 e. The Morgan fingerprint density at radius 3 is 2.45 bits per heavy atom. The van der Waals surface area contributed by atoms with Crippen molar-refractivity contribution >= 4 is 38.5 Å². The first-order chi connectivity index (χ1) is 14.8. The van der Waals surface area contributed by atoms with E-state index in [-0.39, 0.29) is 22.0 Å². The quantitative estimate of drug-likeness (QED) is 0.427. The van der Waals surface area contributed by atoms with Crippen LogP contribution in [-0.4, -0.2) is 29.9 Å². The van der Waals surface area contributed by atoms with Crippen LogP contribution in [0.2, 0.25) is 0 Å². The molecule has 10 heteroatoms. The van der Waals surface area contributed by atoms with E-state index in [9.17, 15) is 18.5 Å². The van der Waals surface area contributed by atoms with Crippen molar-refractivity contribution in [1.29, 1.82) is 5.26 Å². The van der Waals surface area contributed by atoms with E-state index in [4.69, 9.17) is 4.74 Å². The zero-order chi connectivity index (χ0) is 22.4. The predicted octanol–water partition coefficient (Wildman–Crippen LogP) is 3.63. The number of nitrogens with zero attached hydrogens (tertiary/aromatic N) is 3. The normalized spacial score (nSPS) is 12.6. The van der Waals surface area contributed by atoms with Crippen molar-refractivity contribution in [3.63, 3.8) is 0 Å². The molecule has 0 fully saturated rings. The van der Waals surface area contributed by atoms with E-state index in [1.165, 1.54) is 6.08 Å². The predicted molar refractivity (Wildman–Crippen MR) is 117 cm³/mol.